The predicted molar refractivity (Wildman–Crippen MR) is 281 cm³/mol. The van der Waals surface area contributed by atoms with E-state index >= 15 is 0 Å². The van der Waals surface area contributed by atoms with Gasteiger partial charge in [0.25, 0.3) is 0 Å². The van der Waals surface area contributed by atoms with Crippen LogP contribution in [0.2, 0.25) is 0 Å². The van der Waals surface area contributed by atoms with Crippen molar-refractivity contribution in [2.24, 2.45) is 0 Å². The Bertz CT molecular complexity index is 4590. The molecule has 0 aliphatic heterocycles. The van der Waals surface area contributed by atoms with Gasteiger partial charge >= 0.3 is 0 Å². The summed E-state index contributed by atoms with van der Waals surface area (Å²) in [4.78, 5) is 16.2. The van der Waals surface area contributed by atoms with Crippen molar-refractivity contribution in [2.75, 3.05) is 0 Å². The third-order valence-corrected chi connectivity index (χ3v) is 14.9. The Hall–Kier alpha value is -8.71. The molecule has 0 unspecified atom stereocenters. The molecule has 0 amide bonds. The largest absolute Gasteiger partial charge is 0.454 e. The van der Waals surface area contributed by atoms with E-state index in [-0.39, 0.29) is 0 Å². The molecule has 15 rings (SSSR count). The third-order valence-electron chi connectivity index (χ3n) is 13.7. The fourth-order valence-electron chi connectivity index (χ4n) is 10.6. The van der Waals surface area contributed by atoms with Crippen molar-refractivity contribution < 1.29 is 4.42 Å². The quantitative estimate of drug-likeness (QED) is 0.177. The summed E-state index contributed by atoms with van der Waals surface area (Å²) in [7, 11) is 0. The van der Waals surface area contributed by atoms with Gasteiger partial charge in [-0.05, 0) is 86.2 Å². The summed E-state index contributed by atoms with van der Waals surface area (Å²) in [6.45, 7) is 0. The van der Waals surface area contributed by atoms with Gasteiger partial charge < -0.3 is 8.98 Å². The molecule has 0 atom stereocenters. The van der Waals surface area contributed by atoms with Crippen LogP contribution in [0.1, 0.15) is 0 Å². The molecule has 11 aromatic carbocycles. The summed E-state index contributed by atoms with van der Waals surface area (Å²) < 4.78 is 12.0. The van der Waals surface area contributed by atoms with E-state index < -0.39 is 0 Å². The highest BCUT2D eigenvalue weighted by Gasteiger charge is 2.24. The van der Waals surface area contributed by atoms with Gasteiger partial charge in [-0.2, -0.15) is 0 Å². The first-order valence-electron chi connectivity index (χ1n) is 22.6. The molecule has 5 nitrogen and oxygen atoms in total. The fraction of sp³-hybridized carbons (Fsp3) is 0. The number of benzene rings is 11. The zero-order valence-corrected chi connectivity index (χ0v) is 36.6. The molecule has 0 N–H and O–H groups in total. The van der Waals surface area contributed by atoms with Crippen molar-refractivity contribution in [1.82, 2.24) is 19.5 Å². The Balaban J connectivity index is 1.07. The number of aromatic nitrogens is 4. The smallest absolute Gasteiger partial charge is 0.164 e. The third kappa shape index (κ3) is 5.51. The van der Waals surface area contributed by atoms with E-state index in [4.69, 9.17) is 19.4 Å². The topological polar surface area (TPSA) is 56.7 Å². The highest BCUT2D eigenvalue weighted by atomic mass is 32.1. The minimum atomic E-state index is 0.582. The van der Waals surface area contributed by atoms with Crippen molar-refractivity contribution >= 4 is 118 Å². The molecule has 4 aromatic heterocycles. The number of thiophene rings is 1. The highest BCUT2D eigenvalue weighted by molar-refractivity contribution is 7.25. The lowest BCUT2D eigenvalue weighted by atomic mass is 10.0. The second-order valence-corrected chi connectivity index (χ2v) is 18.6. The zero-order valence-electron chi connectivity index (χ0n) is 35.7. The van der Waals surface area contributed by atoms with Gasteiger partial charge in [-0.25, -0.2) is 15.0 Å². The van der Waals surface area contributed by atoms with Gasteiger partial charge in [-0.1, -0.05) is 158 Å². The van der Waals surface area contributed by atoms with Crippen LogP contribution in [0.5, 0.6) is 0 Å². The molecule has 0 spiro atoms. The Kier molecular flexibility index (Phi) is 7.59. The number of fused-ring (bicyclic) bond motifs is 14. The Morgan fingerprint density at radius 3 is 1.76 bits per heavy atom. The lowest BCUT2D eigenvalue weighted by Crippen LogP contribution is -2.02. The Morgan fingerprint density at radius 1 is 0.358 bits per heavy atom. The van der Waals surface area contributed by atoms with Gasteiger partial charge in [0.15, 0.2) is 23.1 Å². The van der Waals surface area contributed by atoms with Gasteiger partial charge in [0, 0.05) is 63.8 Å². The van der Waals surface area contributed by atoms with Crippen LogP contribution in [0.3, 0.4) is 0 Å². The minimum Gasteiger partial charge on any atom is -0.454 e. The summed E-state index contributed by atoms with van der Waals surface area (Å²) in [5.74, 6) is 1.82. The average molecular weight is 871 g/mol. The maximum Gasteiger partial charge on any atom is 0.164 e. The van der Waals surface area contributed by atoms with Crippen LogP contribution in [-0.4, -0.2) is 19.5 Å². The molecule has 4 heterocycles. The molecule has 0 saturated heterocycles. The first kappa shape index (κ1) is 36.6. The van der Waals surface area contributed by atoms with Crippen LogP contribution in [0.15, 0.2) is 211 Å². The van der Waals surface area contributed by atoms with Crippen molar-refractivity contribution in [3.63, 3.8) is 0 Å². The lowest BCUT2D eigenvalue weighted by Gasteiger charge is -2.14. The van der Waals surface area contributed by atoms with Crippen LogP contribution >= 0.6 is 11.3 Å². The lowest BCUT2D eigenvalue weighted by molar-refractivity contribution is 0.667. The summed E-state index contributed by atoms with van der Waals surface area (Å²) >= 11 is 1.80. The maximum absolute atomic E-state index is 7.13. The van der Waals surface area contributed by atoms with Gasteiger partial charge in [0.1, 0.15) is 5.58 Å². The van der Waals surface area contributed by atoms with Crippen LogP contribution in [0, 0.1) is 0 Å². The van der Waals surface area contributed by atoms with E-state index in [1.54, 1.807) is 11.3 Å². The van der Waals surface area contributed by atoms with E-state index in [9.17, 15) is 0 Å². The van der Waals surface area contributed by atoms with Gasteiger partial charge in [0.2, 0.25) is 0 Å². The number of nitrogens with zero attached hydrogens (tertiary/aromatic N) is 4. The van der Waals surface area contributed by atoms with E-state index in [0.29, 0.717) is 17.5 Å². The summed E-state index contributed by atoms with van der Waals surface area (Å²) in [6, 6.07) is 73.9. The molecule has 6 heteroatoms. The maximum atomic E-state index is 7.13. The molecule has 0 radical (unpaired) electrons. The summed E-state index contributed by atoms with van der Waals surface area (Å²) in [6.07, 6.45) is 0. The van der Waals surface area contributed by atoms with E-state index in [1.807, 2.05) is 0 Å². The average Bonchev–Trinajstić information content (AvgIpc) is 4.05. The second-order valence-electron chi connectivity index (χ2n) is 17.5. The Labute approximate surface area is 386 Å². The van der Waals surface area contributed by atoms with Crippen molar-refractivity contribution in [2.45, 2.75) is 0 Å². The van der Waals surface area contributed by atoms with Crippen LogP contribution < -0.4 is 0 Å². The number of rotatable bonds is 4. The van der Waals surface area contributed by atoms with Gasteiger partial charge in [0.05, 0.1) is 16.7 Å². The predicted octanol–water partition coefficient (Wildman–Crippen LogP) is 16.8. The van der Waals surface area contributed by atoms with Crippen molar-refractivity contribution in [1.29, 1.82) is 0 Å². The van der Waals surface area contributed by atoms with Crippen molar-refractivity contribution in [3.8, 4) is 39.9 Å². The summed E-state index contributed by atoms with van der Waals surface area (Å²) in [5.41, 5.74) is 7.51. The molecule has 0 bridgehead atoms. The van der Waals surface area contributed by atoms with E-state index in [1.165, 1.54) is 47.1 Å². The second kappa shape index (κ2) is 13.9. The minimum absolute atomic E-state index is 0.582. The number of hydrogen-bond acceptors (Lipinski definition) is 5. The first-order valence-corrected chi connectivity index (χ1v) is 23.4. The monoisotopic (exact) mass is 870 g/mol. The normalized spacial score (nSPS) is 12.2. The molecule has 67 heavy (non-hydrogen) atoms. The van der Waals surface area contributed by atoms with Crippen LogP contribution in [0.4, 0.5) is 0 Å². The van der Waals surface area contributed by atoms with Crippen LogP contribution in [0.25, 0.3) is 147 Å². The molecule has 0 aliphatic rings. The molecule has 0 aliphatic carbocycles. The zero-order chi connectivity index (χ0) is 43.7. The van der Waals surface area contributed by atoms with Gasteiger partial charge in [-0.15, -0.1) is 11.3 Å². The SMILES string of the molecule is c1ccc2cc3c(cc2c1)oc1c(-n2c4cc5ccccc5cc4c4ccc5ccccc5c42)cc(-c2nc(-c4ccc5c(c4)sc4ccccc45)nc(-c4cccc5ccccc45)n2)cc13. The standard InChI is InChI=1S/C61H34N4OS/c1-3-16-39-31-52-49(28-37(39)14-1)47-27-24-36-13-6-8-20-44(36)57(47)65(52)53-32-42(30-51-50-29-38-15-2-4-17-40(38)33-54(50)66-58(51)53)60-62-59(41-25-26-46-45-21-9-10-23-55(45)67-56(46)34-41)63-61(64-60)48-22-11-18-35-12-5-7-19-43(35)48/h1-34H. The molecule has 15 aromatic rings. The Morgan fingerprint density at radius 2 is 0.955 bits per heavy atom. The number of hydrogen-bond donors (Lipinski definition) is 0. The fourth-order valence-corrected chi connectivity index (χ4v) is 11.7. The van der Waals surface area contributed by atoms with E-state index in [2.05, 4.69) is 211 Å². The molecule has 0 fully saturated rings. The van der Waals surface area contributed by atoms with Crippen molar-refractivity contribution in [3.05, 3.63) is 206 Å². The van der Waals surface area contributed by atoms with Crippen LogP contribution in [-0.2, 0) is 0 Å². The highest BCUT2D eigenvalue weighted by Crippen LogP contribution is 2.45. The molecule has 310 valence electrons. The molecular formula is C61H34N4OS. The number of furan rings is 1. The van der Waals surface area contributed by atoms with E-state index in [0.717, 1.165) is 82.3 Å². The first-order chi connectivity index (χ1) is 33.2. The molecule has 0 saturated carbocycles. The van der Waals surface area contributed by atoms with Gasteiger partial charge in [-0.3, -0.25) is 0 Å². The molecular weight excluding hydrogens is 837 g/mol. The summed E-state index contributed by atoms with van der Waals surface area (Å²) in [5, 5.41) is 16.1.